The molecule has 0 spiro atoms. The van der Waals surface area contributed by atoms with Gasteiger partial charge in [-0.2, -0.15) is 0 Å². The Balaban J connectivity index is 2.03. The zero-order valence-electron chi connectivity index (χ0n) is 11.2. The average molecular weight is 295 g/mol. The molecule has 0 aliphatic carbocycles. The van der Waals surface area contributed by atoms with Gasteiger partial charge in [0.1, 0.15) is 0 Å². The minimum Gasteiger partial charge on any atom is -0.399 e. The summed E-state index contributed by atoms with van der Waals surface area (Å²) >= 11 is 3.06. The Hall–Kier alpha value is -1.27. The molecule has 0 aliphatic heterocycles. The highest BCUT2D eigenvalue weighted by Crippen LogP contribution is 2.28. The molecule has 0 saturated carbocycles. The smallest absolute Gasteiger partial charge is 0.236 e. The lowest BCUT2D eigenvalue weighted by Gasteiger charge is -2.16. The first-order valence-electron chi connectivity index (χ1n) is 5.93. The molecule has 19 heavy (non-hydrogen) atoms. The van der Waals surface area contributed by atoms with E-state index in [9.17, 15) is 4.79 Å². The van der Waals surface area contributed by atoms with Gasteiger partial charge in [0.05, 0.1) is 16.0 Å². The molecular weight excluding hydrogens is 278 g/mol. The molecule has 0 fully saturated rings. The molecule has 0 saturated heterocycles. The molecule has 1 heterocycles. The zero-order valence-corrected chi connectivity index (χ0v) is 12.8. The number of carbonyl (C=O) groups is 1. The normalized spacial score (nSPS) is 11.7. The molecule has 6 heteroatoms. The molecule has 0 atom stereocenters. The van der Waals surface area contributed by atoms with Crippen LogP contribution in [-0.2, 0) is 4.79 Å². The molecule has 0 unspecified atom stereocenters. The second-order valence-corrected chi connectivity index (χ2v) is 8.03. The number of hydrogen-bond acceptors (Lipinski definition) is 5. The third-order valence-corrected chi connectivity index (χ3v) is 4.50. The Morgan fingerprint density at radius 1 is 1.47 bits per heavy atom. The second kappa shape index (κ2) is 5.38. The first-order valence-corrected chi connectivity index (χ1v) is 7.73. The van der Waals surface area contributed by atoms with E-state index in [1.165, 1.54) is 11.3 Å². The number of thiazole rings is 1. The van der Waals surface area contributed by atoms with Crippen LogP contribution < -0.4 is 11.1 Å². The van der Waals surface area contributed by atoms with E-state index in [4.69, 9.17) is 5.73 Å². The summed E-state index contributed by atoms with van der Waals surface area (Å²) in [6, 6.07) is 5.54. The highest BCUT2D eigenvalue weighted by atomic mass is 32.2. The summed E-state index contributed by atoms with van der Waals surface area (Å²) in [4.78, 5) is 16.2. The highest BCUT2D eigenvalue weighted by molar-refractivity contribution is 8.01. The number of rotatable bonds is 3. The van der Waals surface area contributed by atoms with Gasteiger partial charge in [-0.15, -0.1) is 11.8 Å². The molecule has 3 N–H and O–H groups in total. The van der Waals surface area contributed by atoms with Gasteiger partial charge in [-0.25, -0.2) is 4.98 Å². The number of nitrogens with one attached hydrogen (secondary N) is 1. The van der Waals surface area contributed by atoms with Crippen LogP contribution in [-0.4, -0.2) is 21.4 Å². The third-order valence-electron chi connectivity index (χ3n) is 2.30. The summed E-state index contributed by atoms with van der Waals surface area (Å²) in [5.74, 6) is 0.411. The van der Waals surface area contributed by atoms with Crippen LogP contribution in [0.1, 0.15) is 20.8 Å². The Bertz CT molecular complexity index is 601. The highest BCUT2D eigenvalue weighted by Gasteiger charge is 2.14. The summed E-state index contributed by atoms with van der Waals surface area (Å²) in [5.41, 5.74) is 7.28. The van der Waals surface area contributed by atoms with E-state index in [0.717, 1.165) is 10.2 Å². The maximum Gasteiger partial charge on any atom is 0.236 e. The number of aromatic nitrogens is 1. The minimum atomic E-state index is -0.0213. The first-order chi connectivity index (χ1) is 8.83. The van der Waals surface area contributed by atoms with Crippen LogP contribution >= 0.6 is 23.1 Å². The number of hydrogen-bond donors (Lipinski definition) is 2. The Labute approximate surface area is 120 Å². The molecule has 102 valence electrons. The monoisotopic (exact) mass is 295 g/mol. The lowest BCUT2D eigenvalue weighted by Crippen LogP contribution is -2.18. The zero-order chi connectivity index (χ0) is 14.0. The molecule has 4 nitrogen and oxygen atoms in total. The number of nitrogens with two attached hydrogens (primary N) is 1. The summed E-state index contributed by atoms with van der Waals surface area (Å²) in [6.45, 7) is 6.27. The van der Waals surface area contributed by atoms with Crippen molar-refractivity contribution in [2.75, 3.05) is 16.8 Å². The van der Waals surface area contributed by atoms with E-state index < -0.39 is 0 Å². The largest absolute Gasteiger partial charge is 0.399 e. The van der Waals surface area contributed by atoms with Crippen LogP contribution in [0.25, 0.3) is 10.2 Å². The van der Waals surface area contributed by atoms with Crippen LogP contribution in [0.15, 0.2) is 18.2 Å². The number of amides is 1. The van der Waals surface area contributed by atoms with Gasteiger partial charge in [-0.3, -0.25) is 4.79 Å². The molecule has 1 amide bonds. The summed E-state index contributed by atoms with van der Waals surface area (Å²) in [7, 11) is 0. The van der Waals surface area contributed by atoms with E-state index in [-0.39, 0.29) is 10.7 Å². The Morgan fingerprint density at radius 3 is 2.89 bits per heavy atom. The van der Waals surface area contributed by atoms with Gasteiger partial charge in [0.25, 0.3) is 0 Å². The second-order valence-electron chi connectivity index (χ2n) is 5.20. The average Bonchev–Trinajstić information content (AvgIpc) is 2.66. The maximum atomic E-state index is 11.8. The number of carbonyl (C=O) groups excluding carboxylic acids is 1. The number of nitrogens with zero attached hydrogens (tertiary/aromatic N) is 1. The van der Waals surface area contributed by atoms with Gasteiger partial charge in [0, 0.05) is 10.4 Å². The van der Waals surface area contributed by atoms with Crippen molar-refractivity contribution in [3.63, 3.8) is 0 Å². The summed E-state index contributed by atoms with van der Waals surface area (Å²) in [6.07, 6.45) is 0. The summed E-state index contributed by atoms with van der Waals surface area (Å²) < 4.78 is 1.07. The van der Waals surface area contributed by atoms with Crippen LogP contribution in [0.2, 0.25) is 0 Å². The predicted molar refractivity (Wildman–Crippen MR) is 84.9 cm³/mol. The molecule has 1 aromatic heterocycles. The van der Waals surface area contributed by atoms with Gasteiger partial charge < -0.3 is 11.1 Å². The molecule has 1 aromatic carbocycles. The van der Waals surface area contributed by atoms with Gasteiger partial charge >= 0.3 is 0 Å². The van der Waals surface area contributed by atoms with Gasteiger partial charge in [0.2, 0.25) is 5.91 Å². The SMILES string of the molecule is CC(C)(C)SCC(=O)Nc1nc2ccc(N)cc2s1. The van der Waals surface area contributed by atoms with Crippen LogP contribution in [0.3, 0.4) is 0 Å². The van der Waals surface area contributed by atoms with E-state index in [1.807, 2.05) is 18.2 Å². The Morgan fingerprint density at radius 2 is 2.21 bits per heavy atom. The van der Waals surface area contributed by atoms with Crippen LogP contribution in [0.5, 0.6) is 0 Å². The third kappa shape index (κ3) is 4.11. The Kier molecular flexibility index (Phi) is 4.01. The lowest BCUT2D eigenvalue weighted by atomic mass is 10.3. The van der Waals surface area contributed by atoms with Crippen molar-refractivity contribution >= 4 is 50.0 Å². The van der Waals surface area contributed by atoms with Crippen molar-refractivity contribution < 1.29 is 4.79 Å². The molecule has 0 bridgehead atoms. The molecule has 2 aromatic rings. The fraction of sp³-hybridized carbons (Fsp3) is 0.385. The van der Waals surface area contributed by atoms with Crippen molar-refractivity contribution in [2.24, 2.45) is 0 Å². The quantitative estimate of drug-likeness (QED) is 0.852. The molecule has 2 rings (SSSR count). The molecule has 0 radical (unpaired) electrons. The van der Waals surface area contributed by atoms with Gasteiger partial charge in [-0.05, 0) is 18.2 Å². The minimum absolute atomic E-state index is 0.0213. The van der Waals surface area contributed by atoms with Crippen molar-refractivity contribution in [3.8, 4) is 0 Å². The van der Waals surface area contributed by atoms with Crippen LogP contribution in [0.4, 0.5) is 10.8 Å². The topological polar surface area (TPSA) is 68.0 Å². The standard InChI is InChI=1S/C13H17N3OS2/c1-13(2,3)18-7-11(17)16-12-15-9-5-4-8(14)6-10(9)19-12/h4-6H,7,14H2,1-3H3,(H,15,16,17). The first kappa shape index (κ1) is 14.1. The van der Waals surface area contributed by atoms with E-state index in [1.54, 1.807) is 11.8 Å². The molecular formula is C13H17N3OS2. The number of benzene rings is 1. The lowest BCUT2D eigenvalue weighted by molar-refractivity contribution is -0.113. The number of anilines is 2. The molecule has 0 aliphatic rings. The fourth-order valence-electron chi connectivity index (χ4n) is 1.43. The van der Waals surface area contributed by atoms with E-state index in [2.05, 4.69) is 31.1 Å². The van der Waals surface area contributed by atoms with Crippen molar-refractivity contribution in [3.05, 3.63) is 18.2 Å². The van der Waals surface area contributed by atoms with Crippen molar-refractivity contribution in [1.29, 1.82) is 0 Å². The number of thioether (sulfide) groups is 1. The number of fused-ring (bicyclic) bond motifs is 1. The maximum absolute atomic E-state index is 11.8. The summed E-state index contributed by atoms with van der Waals surface area (Å²) in [5, 5.41) is 3.46. The predicted octanol–water partition coefficient (Wildman–Crippen LogP) is 3.35. The van der Waals surface area contributed by atoms with Gasteiger partial charge in [0.15, 0.2) is 5.13 Å². The van der Waals surface area contributed by atoms with E-state index in [0.29, 0.717) is 16.6 Å². The van der Waals surface area contributed by atoms with Crippen LogP contribution in [0, 0.1) is 0 Å². The van der Waals surface area contributed by atoms with Crippen molar-refractivity contribution in [2.45, 2.75) is 25.5 Å². The number of nitrogen functional groups attached to an aromatic ring is 1. The van der Waals surface area contributed by atoms with Crippen molar-refractivity contribution in [1.82, 2.24) is 4.98 Å². The van der Waals surface area contributed by atoms with E-state index >= 15 is 0 Å². The van der Waals surface area contributed by atoms with Gasteiger partial charge in [-0.1, -0.05) is 32.1 Å². The fourth-order valence-corrected chi connectivity index (χ4v) is 3.00.